The van der Waals surface area contributed by atoms with Gasteiger partial charge in [0.1, 0.15) is 12.4 Å². The number of carbonyl (C=O) groups is 1. The second kappa shape index (κ2) is 14.3. The van der Waals surface area contributed by atoms with Gasteiger partial charge in [-0.15, -0.1) is 5.10 Å². The summed E-state index contributed by atoms with van der Waals surface area (Å²) in [6.45, 7) is 6.05. The van der Waals surface area contributed by atoms with Crippen molar-refractivity contribution < 1.29 is 29.2 Å². The Balaban J connectivity index is 1.33. The molecule has 1 saturated heterocycles. The number of tetrazole rings is 1. The van der Waals surface area contributed by atoms with E-state index in [1.807, 2.05) is 48.5 Å². The zero-order valence-electron chi connectivity index (χ0n) is 23.6. The van der Waals surface area contributed by atoms with Gasteiger partial charge in [0.25, 0.3) is 0 Å². The average Bonchev–Trinajstić information content (AvgIpc) is 3.51. The number of phenolic OH excluding ortho intramolecular Hbond substituents is 1. The summed E-state index contributed by atoms with van der Waals surface area (Å²) in [5, 5.41) is 34.6. The van der Waals surface area contributed by atoms with E-state index in [1.165, 1.54) is 17.8 Å². The molecule has 0 spiro atoms. The van der Waals surface area contributed by atoms with Crippen LogP contribution in [-0.2, 0) is 27.4 Å². The van der Waals surface area contributed by atoms with Gasteiger partial charge in [-0.1, -0.05) is 79.9 Å². The zero-order valence-corrected chi connectivity index (χ0v) is 24.4. The molecule has 5 rings (SSSR count). The van der Waals surface area contributed by atoms with Crippen LogP contribution in [0.3, 0.4) is 0 Å². The third-order valence-electron chi connectivity index (χ3n) is 7.06. The number of thioether (sulfide) groups is 1. The normalized spacial score (nSPS) is 20.0. The molecule has 1 fully saturated rings. The first-order chi connectivity index (χ1) is 20.9. The second-order valence-corrected chi connectivity index (χ2v) is 11.0. The first kappa shape index (κ1) is 30.2. The SMILES string of the molecule is C=CCOC(=O)NCc1ccc([C@H]2O[C@@H](CSc3nnnn3-c3ccc(O)cc3)[C@@H](C)[C@@H](c3ccc(CO)cc3)O2)cc1. The van der Waals surface area contributed by atoms with Gasteiger partial charge in [0.2, 0.25) is 5.16 Å². The van der Waals surface area contributed by atoms with Crippen molar-refractivity contribution in [1.29, 1.82) is 0 Å². The standard InChI is InChI=1S/C31H33N5O6S/c1-3-16-40-31(39)32-17-21-4-10-24(11-5-21)29-41-27(20(2)28(42-29)23-8-6-22(18-37)7-9-23)19-43-30-33-34-35-36(30)25-12-14-26(38)15-13-25/h3-15,20,27-29,37-38H,1,16-19H2,2H3,(H,32,39)/t20-,27+,28+,29+/m1/s1. The molecule has 0 aliphatic carbocycles. The molecule has 0 radical (unpaired) electrons. The van der Waals surface area contributed by atoms with E-state index >= 15 is 0 Å². The van der Waals surface area contributed by atoms with Crippen LogP contribution in [0, 0.1) is 5.92 Å². The fourth-order valence-electron chi connectivity index (χ4n) is 4.64. The summed E-state index contributed by atoms with van der Waals surface area (Å²) < 4.78 is 19.6. The van der Waals surface area contributed by atoms with E-state index in [4.69, 9.17) is 14.2 Å². The Morgan fingerprint density at radius 3 is 2.44 bits per heavy atom. The molecule has 12 heteroatoms. The number of aromatic hydroxyl groups is 1. The Labute approximate surface area is 253 Å². The van der Waals surface area contributed by atoms with Crippen LogP contribution in [-0.4, -0.2) is 55.0 Å². The van der Waals surface area contributed by atoms with Gasteiger partial charge >= 0.3 is 6.09 Å². The molecule has 3 N–H and O–H groups in total. The number of aliphatic hydroxyl groups is 1. The van der Waals surface area contributed by atoms with Crippen molar-refractivity contribution in [1.82, 2.24) is 25.5 Å². The number of rotatable bonds is 11. The Bertz CT molecular complexity index is 1500. The molecule has 43 heavy (non-hydrogen) atoms. The largest absolute Gasteiger partial charge is 0.508 e. The number of amides is 1. The van der Waals surface area contributed by atoms with Crippen molar-refractivity contribution in [2.75, 3.05) is 12.4 Å². The molecule has 3 aromatic carbocycles. The zero-order chi connectivity index (χ0) is 30.2. The lowest BCUT2D eigenvalue weighted by Gasteiger charge is -2.41. The number of nitrogens with zero attached hydrogens (tertiary/aromatic N) is 4. The van der Waals surface area contributed by atoms with Crippen LogP contribution in [0.25, 0.3) is 5.69 Å². The molecule has 2 heterocycles. The second-order valence-electron chi connectivity index (χ2n) is 10.0. The van der Waals surface area contributed by atoms with E-state index in [2.05, 4.69) is 34.3 Å². The number of aromatic nitrogens is 4. The molecule has 0 saturated carbocycles. The van der Waals surface area contributed by atoms with Gasteiger partial charge in [-0.3, -0.25) is 0 Å². The number of carbonyl (C=O) groups excluding carboxylic acids is 1. The van der Waals surface area contributed by atoms with Crippen LogP contribution >= 0.6 is 11.8 Å². The van der Waals surface area contributed by atoms with Crippen LogP contribution in [0.2, 0.25) is 0 Å². The number of ether oxygens (including phenoxy) is 3. The Kier molecular flexibility index (Phi) is 10.1. The third-order valence-corrected chi connectivity index (χ3v) is 8.06. The van der Waals surface area contributed by atoms with Crippen molar-refractivity contribution in [2.45, 2.75) is 43.7 Å². The lowest BCUT2D eigenvalue weighted by Crippen LogP contribution is -2.38. The molecule has 11 nitrogen and oxygen atoms in total. The Hall–Kier alpha value is -4.23. The van der Waals surface area contributed by atoms with E-state index in [9.17, 15) is 15.0 Å². The molecular weight excluding hydrogens is 570 g/mol. The first-order valence-corrected chi connectivity index (χ1v) is 14.7. The fraction of sp³-hybridized carbons (Fsp3) is 0.290. The molecule has 224 valence electrons. The molecule has 4 aromatic rings. The highest BCUT2D eigenvalue weighted by molar-refractivity contribution is 7.99. The van der Waals surface area contributed by atoms with Crippen LogP contribution in [0.5, 0.6) is 5.75 Å². The van der Waals surface area contributed by atoms with E-state index in [0.29, 0.717) is 17.5 Å². The first-order valence-electron chi connectivity index (χ1n) is 13.8. The van der Waals surface area contributed by atoms with Crippen LogP contribution in [0.15, 0.2) is 90.6 Å². The maximum absolute atomic E-state index is 11.8. The lowest BCUT2D eigenvalue weighted by atomic mass is 9.91. The van der Waals surface area contributed by atoms with E-state index in [1.54, 1.807) is 28.9 Å². The van der Waals surface area contributed by atoms with Crippen LogP contribution < -0.4 is 5.32 Å². The topological polar surface area (TPSA) is 141 Å². The van der Waals surface area contributed by atoms with Gasteiger partial charge in [-0.2, -0.15) is 4.68 Å². The van der Waals surface area contributed by atoms with Crippen LogP contribution in [0.4, 0.5) is 4.79 Å². The van der Waals surface area contributed by atoms with Crippen molar-refractivity contribution in [2.24, 2.45) is 5.92 Å². The van der Waals surface area contributed by atoms with Crippen molar-refractivity contribution in [3.05, 3.63) is 108 Å². The van der Waals surface area contributed by atoms with Crippen molar-refractivity contribution >= 4 is 17.9 Å². The number of nitrogens with one attached hydrogen (secondary N) is 1. The summed E-state index contributed by atoms with van der Waals surface area (Å²) in [6.07, 6.45) is -0.138. The highest BCUT2D eigenvalue weighted by atomic mass is 32.2. The fourth-order valence-corrected chi connectivity index (χ4v) is 5.70. The maximum Gasteiger partial charge on any atom is 0.407 e. The molecule has 1 aliphatic heterocycles. The number of aliphatic hydroxyl groups excluding tert-OH is 1. The molecule has 0 bridgehead atoms. The minimum absolute atomic E-state index is 0.0215. The van der Waals surface area contributed by atoms with Gasteiger partial charge in [0.05, 0.1) is 24.5 Å². The van der Waals surface area contributed by atoms with Gasteiger partial charge in [-0.25, -0.2) is 4.79 Å². The highest BCUT2D eigenvalue weighted by Crippen LogP contribution is 2.43. The molecular formula is C31H33N5O6S. The Morgan fingerprint density at radius 2 is 1.74 bits per heavy atom. The summed E-state index contributed by atoms with van der Waals surface area (Å²) >= 11 is 1.47. The summed E-state index contributed by atoms with van der Waals surface area (Å²) in [4.78, 5) is 11.8. The summed E-state index contributed by atoms with van der Waals surface area (Å²) in [6, 6.07) is 22.1. The average molecular weight is 604 g/mol. The number of hydrogen-bond donors (Lipinski definition) is 3. The predicted molar refractivity (Wildman–Crippen MR) is 159 cm³/mol. The molecule has 1 amide bonds. The predicted octanol–water partition coefficient (Wildman–Crippen LogP) is 4.86. The van der Waals surface area contributed by atoms with Gasteiger partial charge in [-0.05, 0) is 51.4 Å². The third kappa shape index (κ3) is 7.59. The van der Waals surface area contributed by atoms with Gasteiger partial charge in [0, 0.05) is 23.8 Å². The van der Waals surface area contributed by atoms with Crippen molar-refractivity contribution in [3.8, 4) is 11.4 Å². The lowest BCUT2D eigenvalue weighted by molar-refractivity contribution is -0.268. The summed E-state index contributed by atoms with van der Waals surface area (Å²) in [7, 11) is 0. The van der Waals surface area contributed by atoms with E-state index < -0.39 is 12.4 Å². The van der Waals surface area contributed by atoms with Crippen LogP contribution in [0.1, 0.15) is 41.6 Å². The minimum atomic E-state index is -0.642. The number of alkyl carbamates (subject to hydrolysis) is 1. The molecule has 1 aliphatic rings. The Morgan fingerprint density at radius 1 is 1.05 bits per heavy atom. The van der Waals surface area contributed by atoms with Crippen molar-refractivity contribution in [3.63, 3.8) is 0 Å². The summed E-state index contributed by atoms with van der Waals surface area (Å²) in [5.41, 5.74) is 4.28. The molecule has 0 unspecified atom stereocenters. The highest BCUT2D eigenvalue weighted by Gasteiger charge is 2.38. The van der Waals surface area contributed by atoms with E-state index in [0.717, 1.165) is 27.9 Å². The minimum Gasteiger partial charge on any atom is -0.508 e. The molecule has 4 atom stereocenters. The quantitative estimate of drug-likeness (QED) is 0.161. The monoisotopic (exact) mass is 603 g/mol. The number of hydrogen-bond acceptors (Lipinski definition) is 10. The van der Waals surface area contributed by atoms with Gasteiger partial charge < -0.3 is 29.7 Å². The maximum atomic E-state index is 11.8. The summed E-state index contributed by atoms with van der Waals surface area (Å²) in [5.74, 6) is 0.696. The van der Waals surface area contributed by atoms with E-state index in [-0.39, 0.29) is 37.1 Å². The number of phenols is 1. The number of benzene rings is 3. The smallest absolute Gasteiger partial charge is 0.407 e. The van der Waals surface area contributed by atoms with Gasteiger partial charge in [0.15, 0.2) is 6.29 Å². The molecule has 1 aromatic heterocycles.